The maximum atomic E-state index is 9.54. The molecule has 5 heteroatoms. The van der Waals surface area contributed by atoms with Crippen molar-refractivity contribution in [3.05, 3.63) is 94.2 Å². The number of aromatic amines is 1. The molecule has 4 aromatic rings. The predicted molar refractivity (Wildman–Crippen MR) is 114 cm³/mol. The van der Waals surface area contributed by atoms with Gasteiger partial charge in [0.25, 0.3) is 0 Å². The second kappa shape index (κ2) is 8.12. The number of rotatable bonds is 5. The molecule has 28 heavy (non-hydrogen) atoms. The van der Waals surface area contributed by atoms with Crippen molar-refractivity contribution in [2.45, 2.75) is 6.61 Å². The number of allylic oxidation sites excluding steroid dienone is 1. The number of imidazole rings is 1. The zero-order chi connectivity index (χ0) is 19.3. The van der Waals surface area contributed by atoms with E-state index in [9.17, 15) is 5.26 Å². The van der Waals surface area contributed by atoms with Gasteiger partial charge >= 0.3 is 0 Å². The highest BCUT2D eigenvalue weighted by Gasteiger charge is 2.07. The molecule has 0 saturated heterocycles. The van der Waals surface area contributed by atoms with Crippen molar-refractivity contribution >= 4 is 38.6 Å². The molecule has 1 heterocycles. The molecular weight excluding hydrogens is 414 g/mol. The van der Waals surface area contributed by atoms with Crippen molar-refractivity contribution in [3.63, 3.8) is 0 Å². The van der Waals surface area contributed by atoms with Gasteiger partial charge in [-0.1, -0.05) is 52.3 Å². The number of para-hydroxylation sites is 2. The van der Waals surface area contributed by atoms with Gasteiger partial charge in [-0.3, -0.25) is 0 Å². The van der Waals surface area contributed by atoms with Crippen LogP contribution in [-0.2, 0) is 6.61 Å². The Morgan fingerprint density at radius 3 is 2.50 bits per heavy atom. The topological polar surface area (TPSA) is 61.7 Å². The zero-order valence-corrected chi connectivity index (χ0v) is 16.5. The highest BCUT2D eigenvalue weighted by Crippen LogP contribution is 2.21. The minimum absolute atomic E-state index is 0.486. The zero-order valence-electron chi connectivity index (χ0n) is 14.9. The molecule has 0 fully saturated rings. The second-order valence-electron chi connectivity index (χ2n) is 6.26. The van der Waals surface area contributed by atoms with Gasteiger partial charge in [0.05, 0.1) is 16.6 Å². The van der Waals surface area contributed by atoms with E-state index >= 15 is 0 Å². The van der Waals surface area contributed by atoms with Crippen molar-refractivity contribution in [1.29, 1.82) is 5.26 Å². The number of nitrogens with zero attached hydrogens (tertiary/aromatic N) is 2. The number of nitrogens with one attached hydrogen (secondary N) is 1. The highest BCUT2D eigenvalue weighted by atomic mass is 79.9. The molecule has 4 nitrogen and oxygen atoms in total. The molecule has 136 valence electrons. The van der Waals surface area contributed by atoms with Crippen LogP contribution < -0.4 is 4.74 Å². The molecule has 0 saturated carbocycles. The average Bonchev–Trinajstić information content (AvgIpc) is 3.16. The Kier molecular flexibility index (Phi) is 5.22. The molecule has 0 aliphatic heterocycles. The van der Waals surface area contributed by atoms with Gasteiger partial charge in [-0.25, -0.2) is 4.98 Å². The predicted octanol–water partition coefficient (Wildman–Crippen LogP) is 5.97. The van der Waals surface area contributed by atoms with E-state index in [1.165, 1.54) is 0 Å². The summed E-state index contributed by atoms with van der Waals surface area (Å²) in [6.07, 6.45) is 1.82. The summed E-state index contributed by atoms with van der Waals surface area (Å²) < 4.78 is 6.87. The van der Waals surface area contributed by atoms with Gasteiger partial charge in [0.1, 0.15) is 24.3 Å². The summed E-state index contributed by atoms with van der Waals surface area (Å²) in [5, 5.41) is 9.54. The Morgan fingerprint density at radius 2 is 1.79 bits per heavy atom. The minimum atomic E-state index is 0.486. The number of H-pyrrole nitrogens is 1. The minimum Gasteiger partial charge on any atom is -0.489 e. The van der Waals surface area contributed by atoms with Gasteiger partial charge in [-0.15, -0.1) is 0 Å². The number of hydrogen-bond donors (Lipinski definition) is 1. The van der Waals surface area contributed by atoms with Crippen molar-refractivity contribution in [3.8, 4) is 11.8 Å². The van der Waals surface area contributed by atoms with Gasteiger partial charge in [0.15, 0.2) is 0 Å². The first kappa shape index (κ1) is 18.0. The molecule has 0 bridgehead atoms. The largest absolute Gasteiger partial charge is 0.489 e. The van der Waals surface area contributed by atoms with E-state index < -0.39 is 0 Å². The van der Waals surface area contributed by atoms with Crippen LogP contribution in [0.2, 0.25) is 0 Å². The fraction of sp³-hybridized carbons (Fsp3) is 0.0435. The molecule has 0 amide bonds. The van der Waals surface area contributed by atoms with E-state index in [4.69, 9.17) is 4.74 Å². The lowest BCUT2D eigenvalue weighted by molar-refractivity contribution is 0.306. The third-order valence-corrected chi connectivity index (χ3v) is 4.80. The lowest BCUT2D eigenvalue weighted by Crippen LogP contribution is -1.95. The van der Waals surface area contributed by atoms with Crippen LogP contribution >= 0.6 is 15.9 Å². The molecule has 4 rings (SSSR count). The van der Waals surface area contributed by atoms with Crippen LogP contribution in [0, 0.1) is 11.3 Å². The molecule has 1 N–H and O–H groups in total. The molecule has 1 aromatic heterocycles. The Hall–Kier alpha value is -3.36. The van der Waals surface area contributed by atoms with Gasteiger partial charge in [0, 0.05) is 4.47 Å². The van der Waals surface area contributed by atoms with Gasteiger partial charge in [-0.05, 0) is 53.6 Å². The first-order valence-corrected chi connectivity index (χ1v) is 9.55. The fourth-order valence-corrected chi connectivity index (χ4v) is 3.07. The normalized spacial score (nSPS) is 11.4. The van der Waals surface area contributed by atoms with Crippen molar-refractivity contribution in [2.24, 2.45) is 0 Å². The van der Waals surface area contributed by atoms with Crippen LogP contribution in [0.3, 0.4) is 0 Å². The van der Waals surface area contributed by atoms with E-state index in [1.807, 2.05) is 78.9 Å². The summed E-state index contributed by atoms with van der Waals surface area (Å²) in [6.45, 7) is 0.505. The Morgan fingerprint density at radius 1 is 1.04 bits per heavy atom. The molecule has 0 unspecified atom stereocenters. The SMILES string of the molecule is N#C/C(=C\c1ccc(OCc2ccc(Br)cc2)cc1)c1nc2ccccc2[nH]1. The molecular formula is C23H16BrN3O. The lowest BCUT2D eigenvalue weighted by Gasteiger charge is -2.07. The first-order chi connectivity index (χ1) is 13.7. The number of halogens is 1. The van der Waals surface area contributed by atoms with Crippen LogP contribution in [0.5, 0.6) is 5.75 Å². The van der Waals surface area contributed by atoms with Crippen LogP contribution in [0.4, 0.5) is 0 Å². The van der Waals surface area contributed by atoms with Crippen LogP contribution in [0.15, 0.2) is 77.3 Å². The number of benzene rings is 3. The smallest absolute Gasteiger partial charge is 0.149 e. The van der Waals surface area contributed by atoms with E-state index in [0.717, 1.165) is 32.4 Å². The van der Waals surface area contributed by atoms with Crippen LogP contribution in [0.25, 0.3) is 22.7 Å². The van der Waals surface area contributed by atoms with E-state index in [0.29, 0.717) is 18.0 Å². The number of aromatic nitrogens is 2. The van der Waals surface area contributed by atoms with E-state index in [2.05, 4.69) is 32.0 Å². The Labute approximate surface area is 171 Å². The van der Waals surface area contributed by atoms with Gasteiger partial charge in [0.2, 0.25) is 0 Å². The van der Waals surface area contributed by atoms with Crippen molar-refractivity contribution in [1.82, 2.24) is 9.97 Å². The van der Waals surface area contributed by atoms with Crippen LogP contribution in [-0.4, -0.2) is 9.97 Å². The second-order valence-corrected chi connectivity index (χ2v) is 7.17. The van der Waals surface area contributed by atoms with Crippen molar-refractivity contribution in [2.75, 3.05) is 0 Å². The van der Waals surface area contributed by atoms with Crippen LogP contribution in [0.1, 0.15) is 17.0 Å². The number of hydrogen-bond acceptors (Lipinski definition) is 3. The lowest BCUT2D eigenvalue weighted by atomic mass is 10.1. The van der Waals surface area contributed by atoms with Gasteiger partial charge in [-0.2, -0.15) is 5.26 Å². The molecule has 0 spiro atoms. The Bertz CT molecular complexity index is 1140. The maximum absolute atomic E-state index is 9.54. The number of ether oxygens (including phenoxy) is 1. The first-order valence-electron chi connectivity index (χ1n) is 8.75. The number of fused-ring (bicyclic) bond motifs is 1. The fourth-order valence-electron chi connectivity index (χ4n) is 2.81. The summed E-state index contributed by atoms with van der Waals surface area (Å²) in [7, 11) is 0. The van der Waals surface area contributed by atoms with Crippen molar-refractivity contribution < 1.29 is 4.74 Å². The van der Waals surface area contributed by atoms with E-state index in [1.54, 1.807) is 0 Å². The highest BCUT2D eigenvalue weighted by molar-refractivity contribution is 9.10. The molecule has 0 radical (unpaired) electrons. The standard InChI is InChI=1S/C23H16BrN3O/c24-19-9-5-17(6-10-19)15-28-20-11-7-16(8-12-20)13-18(14-25)23-26-21-3-1-2-4-22(21)27-23/h1-13H,15H2,(H,26,27)/b18-13+. The maximum Gasteiger partial charge on any atom is 0.149 e. The molecule has 0 aliphatic rings. The number of nitriles is 1. The molecule has 0 aliphatic carbocycles. The monoisotopic (exact) mass is 429 g/mol. The third kappa shape index (κ3) is 4.13. The van der Waals surface area contributed by atoms with E-state index in [-0.39, 0.29) is 0 Å². The summed E-state index contributed by atoms with van der Waals surface area (Å²) in [4.78, 5) is 7.68. The third-order valence-electron chi connectivity index (χ3n) is 4.27. The van der Waals surface area contributed by atoms with Gasteiger partial charge < -0.3 is 9.72 Å². The quantitative estimate of drug-likeness (QED) is 0.397. The Balaban J connectivity index is 1.49. The summed E-state index contributed by atoms with van der Waals surface area (Å²) in [5.41, 5.74) is 4.25. The summed E-state index contributed by atoms with van der Waals surface area (Å²) in [6, 6.07) is 25.6. The summed E-state index contributed by atoms with van der Waals surface area (Å²) >= 11 is 3.43. The molecule has 0 atom stereocenters. The average molecular weight is 430 g/mol. The molecule has 3 aromatic carbocycles. The summed E-state index contributed by atoms with van der Waals surface area (Å²) in [5.74, 6) is 1.35.